The van der Waals surface area contributed by atoms with Crippen molar-refractivity contribution in [3.63, 3.8) is 0 Å². The number of hydrogen-bond acceptors (Lipinski definition) is 9. The van der Waals surface area contributed by atoms with E-state index in [2.05, 4.69) is 29.8 Å². The van der Waals surface area contributed by atoms with E-state index >= 15 is 0 Å². The minimum absolute atomic E-state index is 0.141. The van der Waals surface area contributed by atoms with Crippen LogP contribution in [0.15, 0.2) is 56.8 Å². The van der Waals surface area contributed by atoms with Crippen molar-refractivity contribution in [1.82, 2.24) is 24.9 Å². The number of aromatic nitrogens is 5. The summed E-state index contributed by atoms with van der Waals surface area (Å²) in [6.07, 6.45) is 5.12. The Hall–Kier alpha value is -3.27. The number of piperidine rings is 1. The molecule has 0 spiro atoms. The van der Waals surface area contributed by atoms with Gasteiger partial charge >= 0.3 is 0 Å². The average Bonchev–Trinajstić information content (AvgIpc) is 3.60. The lowest BCUT2D eigenvalue weighted by atomic mass is 10.1. The second kappa shape index (κ2) is 9.07. The Morgan fingerprint density at radius 1 is 1.06 bits per heavy atom. The van der Waals surface area contributed by atoms with Crippen molar-refractivity contribution in [2.45, 2.75) is 36.6 Å². The zero-order valence-electron chi connectivity index (χ0n) is 18.0. The molecule has 0 aliphatic carbocycles. The van der Waals surface area contributed by atoms with Crippen molar-refractivity contribution in [3.8, 4) is 23.0 Å². The van der Waals surface area contributed by atoms with E-state index < -0.39 is 0 Å². The van der Waals surface area contributed by atoms with Crippen molar-refractivity contribution in [3.05, 3.63) is 48.6 Å². The van der Waals surface area contributed by atoms with E-state index in [1.54, 1.807) is 25.5 Å². The molecule has 0 saturated carbocycles. The van der Waals surface area contributed by atoms with Crippen molar-refractivity contribution >= 4 is 17.7 Å². The lowest BCUT2D eigenvalue weighted by Gasteiger charge is -2.28. The molecule has 10 heteroatoms. The molecule has 0 N–H and O–H groups in total. The number of para-hydroxylation sites is 2. The fourth-order valence-corrected chi connectivity index (χ4v) is 4.66. The number of methoxy groups -OCH3 is 1. The number of anilines is 1. The van der Waals surface area contributed by atoms with Gasteiger partial charge < -0.3 is 18.6 Å². The minimum Gasteiger partial charge on any atom is -0.495 e. The smallest absolute Gasteiger partial charge is 0.240 e. The molecule has 4 aromatic rings. The Balaban J connectivity index is 1.49. The standard InChI is InChI=1S/C22H24N6O3S/c1-15(20-23-19(26-31-20)18-11-8-14-30-18)32-22-25-24-21(27-12-6-3-7-13-27)28(22)16-9-4-5-10-17(16)29-2/h4-5,8-11,14-15H,3,6-7,12-13H2,1-2H3. The van der Waals surface area contributed by atoms with Crippen molar-refractivity contribution in [2.24, 2.45) is 0 Å². The van der Waals surface area contributed by atoms with Gasteiger partial charge in [-0.05, 0) is 50.5 Å². The number of nitrogens with zero attached hydrogens (tertiary/aromatic N) is 6. The highest BCUT2D eigenvalue weighted by atomic mass is 32.2. The maximum Gasteiger partial charge on any atom is 0.240 e. The summed E-state index contributed by atoms with van der Waals surface area (Å²) in [7, 11) is 1.67. The third-order valence-corrected chi connectivity index (χ3v) is 6.42. The van der Waals surface area contributed by atoms with Crippen LogP contribution < -0.4 is 9.64 Å². The molecule has 1 atom stereocenters. The van der Waals surface area contributed by atoms with E-state index in [0.717, 1.165) is 48.5 Å². The summed E-state index contributed by atoms with van der Waals surface area (Å²) in [5.41, 5.74) is 0.900. The number of benzene rings is 1. The van der Waals surface area contributed by atoms with E-state index in [9.17, 15) is 0 Å². The van der Waals surface area contributed by atoms with Crippen LogP contribution in [0.5, 0.6) is 5.75 Å². The zero-order chi connectivity index (χ0) is 21.9. The van der Waals surface area contributed by atoms with E-state index in [-0.39, 0.29) is 5.25 Å². The topological polar surface area (TPSA) is 95.2 Å². The van der Waals surface area contributed by atoms with Gasteiger partial charge in [0.1, 0.15) is 5.75 Å². The number of furan rings is 1. The van der Waals surface area contributed by atoms with Crippen LogP contribution in [0.2, 0.25) is 0 Å². The van der Waals surface area contributed by atoms with Crippen LogP contribution in [0, 0.1) is 0 Å². The van der Waals surface area contributed by atoms with Crippen molar-refractivity contribution in [2.75, 3.05) is 25.1 Å². The van der Waals surface area contributed by atoms with Crippen LogP contribution >= 0.6 is 11.8 Å². The molecule has 1 unspecified atom stereocenters. The molecule has 1 saturated heterocycles. The van der Waals surface area contributed by atoms with Crippen LogP contribution in [0.4, 0.5) is 5.95 Å². The molecule has 1 aromatic carbocycles. The van der Waals surface area contributed by atoms with Gasteiger partial charge in [0, 0.05) is 13.1 Å². The first-order valence-corrected chi connectivity index (χ1v) is 11.5. The van der Waals surface area contributed by atoms with Crippen LogP contribution in [0.3, 0.4) is 0 Å². The largest absolute Gasteiger partial charge is 0.495 e. The molecule has 5 rings (SSSR count). The Morgan fingerprint density at radius 2 is 1.91 bits per heavy atom. The first-order chi connectivity index (χ1) is 15.7. The van der Waals surface area contributed by atoms with Crippen LogP contribution in [-0.2, 0) is 0 Å². The highest BCUT2D eigenvalue weighted by molar-refractivity contribution is 7.99. The van der Waals surface area contributed by atoms with E-state index in [0.29, 0.717) is 17.5 Å². The Labute approximate surface area is 189 Å². The molecular weight excluding hydrogens is 428 g/mol. The summed E-state index contributed by atoms with van der Waals surface area (Å²) in [5, 5.41) is 13.7. The van der Waals surface area contributed by atoms with Gasteiger partial charge in [0.25, 0.3) is 0 Å². The predicted molar refractivity (Wildman–Crippen MR) is 120 cm³/mol. The average molecular weight is 453 g/mol. The van der Waals surface area contributed by atoms with Crippen molar-refractivity contribution in [1.29, 1.82) is 0 Å². The molecule has 1 aliphatic rings. The molecule has 0 radical (unpaired) electrons. The molecule has 4 heterocycles. The Kier molecular flexibility index (Phi) is 5.85. The molecule has 166 valence electrons. The first kappa shape index (κ1) is 20.6. The molecule has 3 aromatic heterocycles. The maximum atomic E-state index is 5.65. The highest BCUT2D eigenvalue weighted by Crippen LogP contribution is 2.38. The van der Waals surface area contributed by atoms with Gasteiger partial charge in [-0.25, -0.2) is 0 Å². The summed E-state index contributed by atoms with van der Waals surface area (Å²) in [6, 6.07) is 11.5. The fourth-order valence-electron chi connectivity index (χ4n) is 3.78. The molecule has 1 fully saturated rings. The van der Waals surface area contributed by atoms with Crippen molar-refractivity contribution < 1.29 is 13.7 Å². The molecule has 0 bridgehead atoms. The lowest BCUT2D eigenvalue weighted by Crippen LogP contribution is -2.31. The van der Waals surface area contributed by atoms with E-state index in [4.69, 9.17) is 13.7 Å². The van der Waals surface area contributed by atoms with Gasteiger partial charge in [0.2, 0.25) is 17.7 Å². The number of ether oxygens (including phenoxy) is 1. The van der Waals surface area contributed by atoms with Gasteiger partial charge in [0.15, 0.2) is 10.9 Å². The normalized spacial score (nSPS) is 15.1. The summed E-state index contributed by atoms with van der Waals surface area (Å²) < 4.78 is 18.6. The van der Waals surface area contributed by atoms with Gasteiger partial charge in [-0.2, -0.15) is 4.98 Å². The highest BCUT2D eigenvalue weighted by Gasteiger charge is 2.26. The van der Waals surface area contributed by atoms with Crippen LogP contribution in [0.25, 0.3) is 17.3 Å². The second-order valence-corrected chi connectivity index (χ2v) is 8.84. The quantitative estimate of drug-likeness (QED) is 0.368. The second-order valence-electron chi connectivity index (χ2n) is 7.53. The zero-order valence-corrected chi connectivity index (χ0v) is 18.8. The number of rotatable bonds is 7. The Bertz CT molecular complexity index is 1170. The number of hydrogen-bond donors (Lipinski definition) is 0. The molecule has 0 amide bonds. The van der Waals surface area contributed by atoms with Gasteiger partial charge in [-0.15, -0.1) is 10.2 Å². The number of thioether (sulfide) groups is 1. The third kappa shape index (κ3) is 3.97. The van der Waals surface area contributed by atoms with E-state index in [1.165, 1.54) is 18.2 Å². The maximum absolute atomic E-state index is 5.65. The van der Waals surface area contributed by atoms with Crippen LogP contribution in [-0.4, -0.2) is 45.1 Å². The van der Waals surface area contributed by atoms with Gasteiger partial charge in [-0.1, -0.05) is 29.1 Å². The minimum atomic E-state index is -0.141. The Morgan fingerprint density at radius 3 is 2.69 bits per heavy atom. The SMILES string of the molecule is COc1ccccc1-n1c(SC(C)c2nc(-c3ccco3)no2)nnc1N1CCCCC1. The summed E-state index contributed by atoms with van der Waals surface area (Å²) in [6.45, 7) is 3.93. The molecule has 9 nitrogen and oxygen atoms in total. The molecule has 32 heavy (non-hydrogen) atoms. The monoisotopic (exact) mass is 452 g/mol. The summed E-state index contributed by atoms with van der Waals surface area (Å²) in [5.74, 6) is 3.08. The third-order valence-electron chi connectivity index (χ3n) is 5.39. The van der Waals surface area contributed by atoms with E-state index in [1.807, 2.05) is 31.2 Å². The predicted octanol–water partition coefficient (Wildman–Crippen LogP) is 4.76. The molecule has 1 aliphatic heterocycles. The first-order valence-electron chi connectivity index (χ1n) is 10.6. The van der Waals surface area contributed by atoms with Gasteiger partial charge in [0.05, 0.1) is 24.3 Å². The fraction of sp³-hybridized carbons (Fsp3) is 0.364. The van der Waals surface area contributed by atoms with Gasteiger partial charge in [-0.3, -0.25) is 4.57 Å². The summed E-state index contributed by atoms with van der Waals surface area (Å²) >= 11 is 1.51. The lowest BCUT2D eigenvalue weighted by molar-refractivity contribution is 0.379. The molecular formula is C22H24N6O3S. The van der Waals surface area contributed by atoms with Crippen LogP contribution in [0.1, 0.15) is 37.3 Å². The summed E-state index contributed by atoms with van der Waals surface area (Å²) in [4.78, 5) is 6.79.